The van der Waals surface area contributed by atoms with Crippen LogP contribution >= 0.6 is 0 Å². The fourth-order valence-electron chi connectivity index (χ4n) is 4.13. The average Bonchev–Trinajstić information content (AvgIpc) is 2.84. The van der Waals surface area contributed by atoms with Crippen molar-refractivity contribution >= 4 is 29.4 Å². The van der Waals surface area contributed by atoms with Crippen molar-refractivity contribution in [1.29, 1.82) is 0 Å². The Morgan fingerprint density at radius 2 is 1.67 bits per heavy atom. The summed E-state index contributed by atoms with van der Waals surface area (Å²) in [5, 5.41) is 23.6. The lowest BCUT2D eigenvalue weighted by atomic mass is 9.91. The molecule has 1 aliphatic heterocycles. The number of ether oxygens (including phenoxy) is 3. The molecule has 1 heterocycles. The Bertz CT molecular complexity index is 848. The van der Waals surface area contributed by atoms with Crippen molar-refractivity contribution in [2.24, 2.45) is 23.5 Å². The van der Waals surface area contributed by atoms with Gasteiger partial charge < -0.3 is 40.3 Å². The van der Waals surface area contributed by atoms with Crippen molar-refractivity contribution in [2.75, 3.05) is 6.61 Å². The number of nitrogens with two attached hydrogens (primary N) is 1. The van der Waals surface area contributed by atoms with Gasteiger partial charge in [-0.3, -0.25) is 19.2 Å². The summed E-state index contributed by atoms with van der Waals surface area (Å²) in [6.07, 6.45) is -4.03. The third kappa shape index (κ3) is 12.1. The first-order valence-corrected chi connectivity index (χ1v) is 13.6. The molecule has 4 unspecified atom stereocenters. The van der Waals surface area contributed by atoms with Crippen LogP contribution in [0.5, 0.6) is 0 Å². The summed E-state index contributed by atoms with van der Waals surface area (Å²) in [6, 6.07) is -1.03. The molecule has 0 aliphatic carbocycles. The molecule has 8 atom stereocenters. The molecule has 0 radical (unpaired) electrons. The van der Waals surface area contributed by atoms with E-state index >= 15 is 0 Å². The molecule has 1 fully saturated rings. The largest absolute Gasteiger partial charge is 0.463 e. The monoisotopic (exact) mass is 558 g/mol. The second kappa shape index (κ2) is 16.6. The van der Waals surface area contributed by atoms with Gasteiger partial charge in [-0.2, -0.15) is 0 Å². The quantitative estimate of drug-likeness (QED) is 0.185. The lowest BCUT2D eigenvalue weighted by Gasteiger charge is -2.42. The van der Waals surface area contributed by atoms with Crippen LogP contribution in [-0.2, 0) is 38.2 Å². The van der Waals surface area contributed by atoms with E-state index in [4.69, 9.17) is 19.9 Å². The number of Topliss-reactive ketones (excluding diaryl/α,β-unsaturated/α-hetero) is 2. The molecule has 2 amide bonds. The van der Waals surface area contributed by atoms with Crippen molar-refractivity contribution < 1.29 is 48.4 Å². The first-order chi connectivity index (χ1) is 18.1. The molecule has 1 aliphatic rings. The van der Waals surface area contributed by atoms with Crippen LogP contribution in [0.3, 0.4) is 0 Å². The van der Waals surface area contributed by atoms with Gasteiger partial charge in [0.2, 0.25) is 11.8 Å². The first-order valence-electron chi connectivity index (χ1n) is 13.6. The molecular formula is C27H46N2O10. The minimum atomic E-state index is -1.32. The van der Waals surface area contributed by atoms with Crippen LogP contribution in [0.1, 0.15) is 80.1 Å². The van der Waals surface area contributed by atoms with Crippen molar-refractivity contribution in [3.05, 3.63) is 0 Å². The van der Waals surface area contributed by atoms with Gasteiger partial charge in [-0.15, -0.1) is 0 Å². The van der Waals surface area contributed by atoms with Crippen molar-refractivity contribution in [2.45, 2.75) is 117 Å². The number of primary amides is 1. The molecule has 0 aromatic heterocycles. The van der Waals surface area contributed by atoms with Crippen LogP contribution in [0.15, 0.2) is 0 Å². The molecule has 5 N–H and O–H groups in total. The van der Waals surface area contributed by atoms with Gasteiger partial charge >= 0.3 is 5.97 Å². The van der Waals surface area contributed by atoms with Crippen LogP contribution in [-0.4, -0.2) is 82.9 Å². The lowest BCUT2D eigenvalue weighted by Crippen LogP contribution is -2.57. The zero-order valence-corrected chi connectivity index (χ0v) is 23.9. The normalized spacial score (nSPS) is 25.4. The molecule has 1 saturated heterocycles. The molecule has 0 aromatic rings. The summed E-state index contributed by atoms with van der Waals surface area (Å²) >= 11 is 0. The summed E-state index contributed by atoms with van der Waals surface area (Å²) in [4.78, 5) is 60.2. The summed E-state index contributed by atoms with van der Waals surface area (Å²) in [6.45, 7) is 9.75. The molecule has 12 nitrogen and oxygen atoms in total. The summed E-state index contributed by atoms with van der Waals surface area (Å²) in [5.74, 6) is -3.45. The zero-order valence-electron chi connectivity index (χ0n) is 23.9. The van der Waals surface area contributed by atoms with E-state index in [1.807, 2.05) is 0 Å². The molecule has 224 valence electrons. The molecular weight excluding hydrogens is 512 g/mol. The van der Waals surface area contributed by atoms with E-state index in [-0.39, 0.29) is 38.1 Å². The van der Waals surface area contributed by atoms with Crippen LogP contribution in [0.25, 0.3) is 0 Å². The Hall–Kier alpha value is -2.41. The number of carbonyl (C=O) groups excluding carboxylic acids is 5. The van der Waals surface area contributed by atoms with Crippen LogP contribution in [0, 0.1) is 17.8 Å². The third-order valence-corrected chi connectivity index (χ3v) is 6.79. The maximum absolute atomic E-state index is 12.8. The van der Waals surface area contributed by atoms with Gasteiger partial charge in [0.05, 0.1) is 6.10 Å². The van der Waals surface area contributed by atoms with E-state index in [1.165, 1.54) is 20.8 Å². The number of aliphatic hydroxyl groups is 2. The van der Waals surface area contributed by atoms with Crippen molar-refractivity contribution in [3.8, 4) is 0 Å². The van der Waals surface area contributed by atoms with Gasteiger partial charge in [0.15, 0.2) is 12.1 Å². The Morgan fingerprint density at radius 1 is 1.03 bits per heavy atom. The summed E-state index contributed by atoms with van der Waals surface area (Å²) in [5.41, 5.74) is 5.31. The molecule has 39 heavy (non-hydrogen) atoms. The van der Waals surface area contributed by atoms with Crippen LogP contribution < -0.4 is 11.1 Å². The Balaban J connectivity index is 2.68. The van der Waals surface area contributed by atoms with Crippen molar-refractivity contribution in [3.63, 3.8) is 0 Å². The standard InChI is InChI=1S/C27H46N2O10/c1-14(2)8-7-9-22(32)37-13-21-23(33)24(17(5)27(36)39-21)38-18(6)20(31)12-15(3)26(35)29-19(25(28)34)11-10-16(4)30/h14-15,17-19,21,23-24,27,33,36H,7-13H2,1-6H3,(H2,28,34)(H,29,35)/t15-,17?,18-,19+,21?,23-,24?,27?/m1/s1. The Morgan fingerprint density at radius 3 is 2.23 bits per heavy atom. The number of amides is 2. The van der Waals surface area contributed by atoms with Gasteiger partial charge in [0.25, 0.3) is 0 Å². The molecule has 0 saturated carbocycles. The number of nitrogens with one attached hydrogen (secondary N) is 1. The second-order valence-electron chi connectivity index (χ2n) is 10.9. The number of rotatable bonds is 17. The minimum absolute atomic E-state index is 0.0624. The predicted octanol–water partition coefficient (Wildman–Crippen LogP) is 0.778. The highest BCUT2D eigenvalue weighted by Crippen LogP contribution is 2.29. The van der Waals surface area contributed by atoms with E-state index in [0.29, 0.717) is 12.3 Å². The molecule has 0 aromatic carbocycles. The van der Waals surface area contributed by atoms with Crippen molar-refractivity contribution in [1.82, 2.24) is 5.32 Å². The number of carbonyl (C=O) groups is 5. The molecule has 12 heteroatoms. The number of hydrogen-bond donors (Lipinski definition) is 4. The third-order valence-electron chi connectivity index (χ3n) is 6.79. The number of esters is 1. The van der Waals surface area contributed by atoms with E-state index in [9.17, 15) is 34.2 Å². The summed E-state index contributed by atoms with van der Waals surface area (Å²) < 4.78 is 16.5. The summed E-state index contributed by atoms with van der Waals surface area (Å²) in [7, 11) is 0. The predicted molar refractivity (Wildman–Crippen MR) is 140 cm³/mol. The smallest absolute Gasteiger partial charge is 0.305 e. The van der Waals surface area contributed by atoms with Gasteiger partial charge in [0, 0.05) is 31.1 Å². The van der Waals surface area contributed by atoms with Crippen LogP contribution in [0.4, 0.5) is 0 Å². The van der Waals surface area contributed by atoms with Gasteiger partial charge in [0.1, 0.15) is 36.7 Å². The highest BCUT2D eigenvalue weighted by atomic mass is 16.6. The highest BCUT2D eigenvalue weighted by Gasteiger charge is 2.45. The number of aliphatic hydroxyl groups excluding tert-OH is 2. The minimum Gasteiger partial charge on any atom is -0.463 e. The fraction of sp³-hybridized carbons (Fsp3) is 0.815. The van der Waals surface area contributed by atoms with Gasteiger partial charge in [-0.1, -0.05) is 34.1 Å². The topological polar surface area (TPSA) is 192 Å². The van der Waals surface area contributed by atoms with E-state index in [1.54, 1.807) is 6.92 Å². The molecule has 0 spiro atoms. The zero-order chi connectivity index (χ0) is 29.9. The maximum atomic E-state index is 12.8. The first kappa shape index (κ1) is 34.6. The SMILES string of the molecule is CC(=O)CC[C@H](NC(=O)[C@H](C)CC(=O)[C@@H](C)OC1C(C)C(O)OC(COC(=O)CCCC(C)C)[C@H]1O)C(N)=O. The molecule has 1 rings (SSSR count). The highest BCUT2D eigenvalue weighted by molar-refractivity contribution is 5.91. The Labute approximate surface area is 230 Å². The second-order valence-corrected chi connectivity index (χ2v) is 10.9. The number of ketones is 2. The lowest BCUT2D eigenvalue weighted by molar-refractivity contribution is -0.279. The fourth-order valence-corrected chi connectivity index (χ4v) is 4.13. The van der Waals surface area contributed by atoms with E-state index in [0.717, 1.165) is 6.42 Å². The van der Waals surface area contributed by atoms with Gasteiger partial charge in [-0.05, 0) is 32.6 Å². The van der Waals surface area contributed by atoms with Crippen LogP contribution in [0.2, 0.25) is 0 Å². The van der Waals surface area contributed by atoms with Gasteiger partial charge in [-0.25, -0.2) is 0 Å². The van der Waals surface area contributed by atoms with E-state index < -0.39 is 72.2 Å². The van der Waals surface area contributed by atoms with E-state index in [2.05, 4.69) is 19.2 Å². The number of hydrogen-bond acceptors (Lipinski definition) is 10. The average molecular weight is 559 g/mol. The maximum Gasteiger partial charge on any atom is 0.305 e. The Kier molecular flexibility index (Phi) is 14.8. The molecule has 0 bridgehead atoms.